The zero-order valence-electron chi connectivity index (χ0n) is 7.59. The van der Waals surface area contributed by atoms with E-state index in [1.807, 2.05) is 12.2 Å². The minimum atomic E-state index is 0.0986. The van der Waals surface area contributed by atoms with Crippen LogP contribution in [0, 0.1) is 11.8 Å². The van der Waals surface area contributed by atoms with Gasteiger partial charge in [0.05, 0.1) is 25.6 Å². The van der Waals surface area contributed by atoms with Gasteiger partial charge in [-0.15, -0.1) is 0 Å². The number of aliphatic hydroxyl groups is 1. The Morgan fingerprint density at radius 2 is 2.23 bits per heavy atom. The predicted octanol–water partition coefficient (Wildman–Crippen LogP) is 0.708. The second kappa shape index (κ2) is 3.52. The van der Waals surface area contributed by atoms with Crippen molar-refractivity contribution in [1.29, 1.82) is 0 Å². The van der Waals surface area contributed by atoms with E-state index in [2.05, 4.69) is 6.08 Å². The van der Waals surface area contributed by atoms with Gasteiger partial charge in [0.25, 0.3) is 0 Å². The van der Waals surface area contributed by atoms with Crippen LogP contribution in [0.15, 0.2) is 24.5 Å². The molecule has 0 aromatic carbocycles. The molecule has 0 aromatic rings. The largest absolute Gasteiger partial charge is 0.505 e. The molecule has 2 bridgehead atoms. The summed E-state index contributed by atoms with van der Waals surface area (Å²) in [5.41, 5.74) is 0. The Kier molecular flexibility index (Phi) is 2.38. The third-order valence-electron chi connectivity index (χ3n) is 2.75. The Morgan fingerprint density at radius 3 is 2.92 bits per heavy atom. The topological polar surface area (TPSA) is 38.7 Å². The van der Waals surface area contributed by atoms with Gasteiger partial charge in [-0.2, -0.15) is 0 Å². The van der Waals surface area contributed by atoms with Crippen molar-refractivity contribution in [3.63, 3.8) is 0 Å². The van der Waals surface area contributed by atoms with E-state index < -0.39 is 0 Å². The second-order valence-corrected chi connectivity index (χ2v) is 3.44. The minimum absolute atomic E-state index is 0.0986. The molecule has 1 saturated heterocycles. The Morgan fingerprint density at radius 1 is 1.46 bits per heavy atom. The normalized spacial score (nSPS) is 42.0. The van der Waals surface area contributed by atoms with Crippen LogP contribution in [0.4, 0.5) is 0 Å². The van der Waals surface area contributed by atoms with E-state index in [1.165, 1.54) is 0 Å². The molecule has 4 unspecified atom stereocenters. The smallest absolute Gasteiger partial charge is 0.0833 e. The van der Waals surface area contributed by atoms with Gasteiger partial charge >= 0.3 is 0 Å². The zero-order valence-corrected chi connectivity index (χ0v) is 7.59. The first-order chi connectivity index (χ1) is 6.36. The lowest BCUT2D eigenvalue weighted by molar-refractivity contribution is 0.0943. The third kappa shape index (κ3) is 1.38. The summed E-state index contributed by atoms with van der Waals surface area (Å²) < 4.78 is 10.5. The summed E-state index contributed by atoms with van der Waals surface area (Å²) in [6.45, 7) is 0.171. The first-order valence-electron chi connectivity index (χ1n) is 4.51. The van der Waals surface area contributed by atoms with E-state index in [0.29, 0.717) is 0 Å². The van der Waals surface area contributed by atoms with Crippen LogP contribution in [-0.4, -0.2) is 31.0 Å². The number of aliphatic hydroxyl groups excluding tert-OH is 1. The standard InChI is InChI=1S/C10H14O3/c1-12-5-4-7-8(6-11)10-3-2-9(7)13-10/h2-5,7-11H,6H2,1H3/b5-4+. The van der Waals surface area contributed by atoms with Gasteiger partial charge in [-0.3, -0.25) is 0 Å². The Balaban J connectivity index is 2.09. The van der Waals surface area contributed by atoms with Crippen molar-refractivity contribution >= 4 is 0 Å². The molecule has 2 aliphatic heterocycles. The summed E-state index contributed by atoms with van der Waals surface area (Å²) in [5, 5.41) is 9.17. The lowest BCUT2D eigenvalue weighted by Crippen LogP contribution is -2.25. The van der Waals surface area contributed by atoms with Crippen LogP contribution in [0.5, 0.6) is 0 Å². The molecule has 0 aliphatic carbocycles. The molecule has 0 saturated carbocycles. The lowest BCUT2D eigenvalue weighted by atomic mass is 9.84. The van der Waals surface area contributed by atoms with E-state index in [1.54, 1.807) is 13.4 Å². The molecule has 13 heavy (non-hydrogen) atoms. The predicted molar refractivity (Wildman–Crippen MR) is 48.0 cm³/mol. The van der Waals surface area contributed by atoms with Crippen LogP contribution in [0.3, 0.4) is 0 Å². The first kappa shape index (κ1) is 8.78. The Hall–Kier alpha value is -0.800. The summed E-state index contributed by atoms with van der Waals surface area (Å²) in [4.78, 5) is 0. The zero-order chi connectivity index (χ0) is 9.26. The summed E-state index contributed by atoms with van der Waals surface area (Å²) in [6.07, 6.45) is 7.94. The van der Waals surface area contributed by atoms with Crippen molar-refractivity contribution in [2.24, 2.45) is 11.8 Å². The van der Waals surface area contributed by atoms with Crippen LogP contribution >= 0.6 is 0 Å². The molecular weight excluding hydrogens is 168 g/mol. The molecule has 0 aromatic heterocycles. The average Bonchev–Trinajstić information content (AvgIpc) is 2.73. The van der Waals surface area contributed by atoms with E-state index in [0.717, 1.165) is 0 Å². The highest BCUT2D eigenvalue weighted by molar-refractivity contribution is 5.18. The molecule has 4 atom stereocenters. The fraction of sp³-hybridized carbons (Fsp3) is 0.600. The lowest BCUT2D eigenvalue weighted by Gasteiger charge is -2.19. The van der Waals surface area contributed by atoms with Gasteiger partial charge in [0.15, 0.2) is 0 Å². The molecule has 0 spiro atoms. The maximum atomic E-state index is 9.17. The molecule has 3 heteroatoms. The van der Waals surface area contributed by atoms with Crippen molar-refractivity contribution in [3.8, 4) is 0 Å². The highest BCUT2D eigenvalue weighted by Crippen LogP contribution is 2.39. The molecule has 3 nitrogen and oxygen atoms in total. The van der Waals surface area contributed by atoms with E-state index in [-0.39, 0.29) is 30.7 Å². The molecule has 0 amide bonds. The number of hydrogen-bond donors (Lipinski definition) is 1. The van der Waals surface area contributed by atoms with Crippen LogP contribution in [0.1, 0.15) is 0 Å². The highest BCUT2D eigenvalue weighted by Gasteiger charge is 2.43. The maximum absolute atomic E-state index is 9.17. The Bertz CT molecular complexity index is 234. The molecule has 0 radical (unpaired) electrons. The van der Waals surface area contributed by atoms with Gasteiger partial charge in [-0.05, 0) is 6.08 Å². The summed E-state index contributed by atoms with van der Waals surface area (Å²) >= 11 is 0. The molecule has 2 aliphatic rings. The fourth-order valence-electron chi connectivity index (χ4n) is 2.06. The van der Waals surface area contributed by atoms with Crippen LogP contribution in [0.2, 0.25) is 0 Å². The van der Waals surface area contributed by atoms with E-state index in [9.17, 15) is 0 Å². The van der Waals surface area contributed by atoms with Gasteiger partial charge in [-0.1, -0.05) is 12.2 Å². The number of methoxy groups -OCH3 is 1. The summed E-state index contributed by atoms with van der Waals surface area (Å²) in [6, 6.07) is 0. The van der Waals surface area contributed by atoms with Gasteiger partial charge in [-0.25, -0.2) is 0 Å². The quantitative estimate of drug-likeness (QED) is 0.516. The van der Waals surface area contributed by atoms with Crippen molar-refractivity contribution in [1.82, 2.24) is 0 Å². The van der Waals surface area contributed by atoms with Gasteiger partial charge in [0.2, 0.25) is 0 Å². The number of rotatable bonds is 3. The van der Waals surface area contributed by atoms with Crippen LogP contribution in [0.25, 0.3) is 0 Å². The second-order valence-electron chi connectivity index (χ2n) is 3.44. The minimum Gasteiger partial charge on any atom is -0.505 e. The fourth-order valence-corrected chi connectivity index (χ4v) is 2.06. The van der Waals surface area contributed by atoms with Crippen molar-refractivity contribution < 1.29 is 14.6 Å². The van der Waals surface area contributed by atoms with E-state index >= 15 is 0 Å². The first-order valence-corrected chi connectivity index (χ1v) is 4.51. The molecule has 2 heterocycles. The van der Waals surface area contributed by atoms with E-state index in [4.69, 9.17) is 14.6 Å². The number of ether oxygens (including phenoxy) is 2. The molecule has 72 valence electrons. The number of fused-ring (bicyclic) bond motifs is 2. The van der Waals surface area contributed by atoms with Crippen molar-refractivity contribution in [2.75, 3.05) is 13.7 Å². The van der Waals surface area contributed by atoms with Crippen LogP contribution in [-0.2, 0) is 9.47 Å². The molecule has 1 N–H and O–H groups in total. The summed E-state index contributed by atoms with van der Waals surface area (Å²) in [5.74, 6) is 0.460. The Labute approximate surface area is 77.7 Å². The highest BCUT2D eigenvalue weighted by atomic mass is 16.5. The van der Waals surface area contributed by atoms with Gasteiger partial charge in [0.1, 0.15) is 0 Å². The molecular formula is C10H14O3. The SMILES string of the molecule is CO/C=C/C1C2C=CC(O2)C1CO. The third-order valence-corrected chi connectivity index (χ3v) is 2.75. The molecule has 1 fully saturated rings. The van der Waals surface area contributed by atoms with Gasteiger partial charge < -0.3 is 14.6 Å². The van der Waals surface area contributed by atoms with Gasteiger partial charge in [0, 0.05) is 18.4 Å². The summed E-state index contributed by atoms with van der Waals surface area (Å²) in [7, 11) is 1.62. The maximum Gasteiger partial charge on any atom is 0.0833 e. The van der Waals surface area contributed by atoms with Crippen molar-refractivity contribution in [3.05, 3.63) is 24.5 Å². The van der Waals surface area contributed by atoms with Crippen molar-refractivity contribution in [2.45, 2.75) is 12.2 Å². The average molecular weight is 182 g/mol. The van der Waals surface area contributed by atoms with Crippen LogP contribution < -0.4 is 0 Å². The monoisotopic (exact) mass is 182 g/mol. The molecule has 2 rings (SSSR count). The number of hydrogen-bond acceptors (Lipinski definition) is 3.